The number of aryl methyl sites for hydroxylation is 1. The number of hydrogen-bond donors (Lipinski definition) is 3. The zero-order chi connectivity index (χ0) is 14.2. The van der Waals surface area contributed by atoms with Crippen LogP contribution in [0.1, 0.15) is 11.4 Å². The van der Waals surface area contributed by atoms with Gasteiger partial charge in [0.25, 0.3) is 0 Å². The normalized spacial score (nSPS) is 11.3. The van der Waals surface area contributed by atoms with Crippen LogP contribution in [0.3, 0.4) is 0 Å². The number of benzene rings is 1. The smallest absolute Gasteiger partial charge is 0.216 e. The molecule has 6 nitrogen and oxygen atoms in total. The molecular formula is C10H8Br2N4O2S. The predicted molar refractivity (Wildman–Crippen MR) is 80.3 cm³/mol. The second-order valence-electron chi connectivity index (χ2n) is 3.59. The first kappa shape index (κ1) is 14.2. The Balaban J connectivity index is 2.48. The lowest BCUT2D eigenvalue weighted by Crippen LogP contribution is -1.94. The van der Waals surface area contributed by atoms with Gasteiger partial charge in [-0.05, 0) is 57.1 Å². The highest BCUT2D eigenvalue weighted by molar-refractivity contribution is 9.11. The summed E-state index contributed by atoms with van der Waals surface area (Å²) in [6.07, 6.45) is 1.42. The quantitative estimate of drug-likeness (QED) is 0.527. The van der Waals surface area contributed by atoms with Gasteiger partial charge < -0.3 is 10.2 Å². The molecule has 0 radical (unpaired) electrons. The van der Waals surface area contributed by atoms with Crippen LogP contribution in [0.2, 0.25) is 0 Å². The van der Waals surface area contributed by atoms with Crippen LogP contribution in [0, 0.1) is 11.7 Å². The van der Waals surface area contributed by atoms with E-state index < -0.39 is 0 Å². The number of phenols is 2. The highest BCUT2D eigenvalue weighted by Crippen LogP contribution is 2.40. The van der Waals surface area contributed by atoms with Crippen molar-refractivity contribution in [2.45, 2.75) is 6.92 Å². The van der Waals surface area contributed by atoms with Crippen molar-refractivity contribution in [2.75, 3.05) is 0 Å². The highest BCUT2D eigenvalue weighted by atomic mass is 79.9. The first-order chi connectivity index (χ1) is 8.91. The summed E-state index contributed by atoms with van der Waals surface area (Å²) in [7, 11) is 0. The lowest BCUT2D eigenvalue weighted by molar-refractivity contribution is 0.441. The minimum Gasteiger partial charge on any atom is -0.506 e. The molecule has 0 saturated heterocycles. The molecule has 19 heavy (non-hydrogen) atoms. The van der Waals surface area contributed by atoms with Gasteiger partial charge in [0, 0.05) is 5.56 Å². The van der Waals surface area contributed by atoms with E-state index in [1.54, 1.807) is 6.92 Å². The summed E-state index contributed by atoms with van der Waals surface area (Å²) in [5.74, 6) is 0.403. The molecule has 0 aliphatic rings. The minimum atomic E-state index is -0.114. The van der Waals surface area contributed by atoms with Crippen LogP contribution >= 0.6 is 44.1 Å². The summed E-state index contributed by atoms with van der Waals surface area (Å²) in [6.45, 7) is 1.74. The maximum atomic E-state index is 9.89. The molecule has 1 heterocycles. The lowest BCUT2D eigenvalue weighted by Gasteiger charge is -2.06. The number of rotatable bonds is 2. The summed E-state index contributed by atoms with van der Waals surface area (Å²) >= 11 is 11.3. The van der Waals surface area contributed by atoms with Crippen LogP contribution in [0.15, 0.2) is 20.1 Å². The fourth-order valence-electron chi connectivity index (χ4n) is 1.34. The number of hydrogen-bond acceptors (Lipinski definition) is 5. The third kappa shape index (κ3) is 2.72. The highest BCUT2D eigenvalue weighted by Gasteiger charge is 2.12. The third-order valence-electron chi connectivity index (χ3n) is 2.32. The maximum absolute atomic E-state index is 9.89. The van der Waals surface area contributed by atoms with E-state index in [9.17, 15) is 10.2 Å². The molecule has 9 heteroatoms. The molecule has 2 aromatic rings. The number of nitrogens with zero attached hydrogens (tertiary/aromatic N) is 3. The molecule has 1 aromatic carbocycles. The van der Waals surface area contributed by atoms with Crippen molar-refractivity contribution in [3.05, 3.63) is 31.2 Å². The molecule has 0 aliphatic heterocycles. The number of aromatic amines is 1. The Kier molecular flexibility index (Phi) is 4.07. The van der Waals surface area contributed by atoms with Gasteiger partial charge in [0.05, 0.1) is 10.7 Å². The second kappa shape index (κ2) is 5.43. The maximum Gasteiger partial charge on any atom is 0.216 e. The molecule has 0 atom stereocenters. The number of halogens is 2. The molecule has 1 aromatic heterocycles. The Morgan fingerprint density at radius 2 is 2.11 bits per heavy atom. The molecule has 0 fully saturated rings. The van der Waals surface area contributed by atoms with Crippen molar-refractivity contribution in [1.82, 2.24) is 14.9 Å². The summed E-state index contributed by atoms with van der Waals surface area (Å²) in [4.78, 5) is 0. The van der Waals surface area contributed by atoms with Gasteiger partial charge in [-0.3, -0.25) is 5.10 Å². The first-order valence-corrected chi connectivity index (χ1v) is 6.99. The fourth-order valence-corrected chi connectivity index (χ4v) is 2.72. The minimum absolute atomic E-state index is 0.0780. The van der Waals surface area contributed by atoms with Gasteiger partial charge >= 0.3 is 0 Å². The Bertz CT molecular complexity index is 723. The largest absolute Gasteiger partial charge is 0.506 e. The number of H-pyrrole nitrogens is 1. The molecule has 0 aliphatic carbocycles. The van der Waals surface area contributed by atoms with Gasteiger partial charge in [0.1, 0.15) is 21.8 Å². The standard InChI is InChI=1S/C10H8Br2N4O2S/c1-4-14-15-10(19)16(4)13-3-5-2-6(11)9(18)7(12)8(5)17/h2-3,17-18H,1H3,(H,15,19). The van der Waals surface area contributed by atoms with Crippen molar-refractivity contribution in [3.63, 3.8) is 0 Å². The van der Waals surface area contributed by atoms with E-state index in [2.05, 4.69) is 47.2 Å². The van der Waals surface area contributed by atoms with E-state index in [4.69, 9.17) is 12.2 Å². The van der Waals surface area contributed by atoms with Gasteiger partial charge in [-0.25, -0.2) is 0 Å². The summed E-state index contributed by atoms with van der Waals surface area (Å²) in [5, 5.41) is 30.1. The SMILES string of the molecule is Cc1n[nH]c(=S)n1N=Cc1cc(Br)c(O)c(Br)c1O. The molecule has 0 bridgehead atoms. The zero-order valence-corrected chi connectivity index (χ0v) is 13.5. The predicted octanol–water partition coefficient (Wildman–Crippen LogP) is 3.07. The van der Waals surface area contributed by atoms with Crippen molar-refractivity contribution >= 4 is 50.3 Å². The van der Waals surface area contributed by atoms with Gasteiger partial charge in [0.2, 0.25) is 4.77 Å². The topological polar surface area (TPSA) is 86.4 Å². The lowest BCUT2D eigenvalue weighted by atomic mass is 10.2. The second-order valence-corrected chi connectivity index (χ2v) is 5.63. The van der Waals surface area contributed by atoms with E-state index >= 15 is 0 Å². The van der Waals surface area contributed by atoms with Crippen molar-refractivity contribution in [1.29, 1.82) is 0 Å². The molecule has 0 spiro atoms. The Morgan fingerprint density at radius 1 is 1.42 bits per heavy atom. The summed E-state index contributed by atoms with van der Waals surface area (Å²) in [5.41, 5.74) is 0.416. The van der Waals surface area contributed by atoms with Crippen LogP contribution < -0.4 is 0 Å². The molecular weight excluding hydrogens is 400 g/mol. The summed E-state index contributed by atoms with van der Waals surface area (Å²) < 4.78 is 2.40. The molecule has 0 saturated carbocycles. The third-order valence-corrected chi connectivity index (χ3v) is 3.94. The van der Waals surface area contributed by atoms with Crippen molar-refractivity contribution in [3.8, 4) is 11.5 Å². The van der Waals surface area contributed by atoms with E-state index in [0.717, 1.165) is 0 Å². The van der Waals surface area contributed by atoms with Crippen molar-refractivity contribution in [2.24, 2.45) is 5.10 Å². The average Bonchev–Trinajstić information content (AvgIpc) is 2.70. The first-order valence-electron chi connectivity index (χ1n) is 5.00. The van der Waals surface area contributed by atoms with E-state index in [0.29, 0.717) is 20.6 Å². The van der Waals surface area contributed by atoms with Crippen LogP contribution in [-0.2, 0) is 0 Å². The number of nitrogens with one attached hydrogen (secondary N) is 1. The number of aromatic nitrogens is 3. The van der Waals surface area contributed by atoms with Crippen LogP contribution in [0.4, 0.5) is 0 Å². The number of phenolic OH excluding ortho intramolecular Hbond substituents is 2. The van der Waals surface area contributed by atoms with E-state index in [1.165, 1.54) is 17.0 Å². The molecule has 3 N–H and O–H groups in total. The van der Waals surface area contributed by atoms with Gasteiger partial charge in [-0.1, -0.05) is 0 Å². The molecule has 2 rings (SSSR count). The molecule has 0 unspecified atom stereocenters. The fraction of sp³-hybridized carbons (Fsp3) is 0.100. The molecule has 100 valence electrons. The monoisotopic (exact) mass is 406 g/mol. The zero-order valence-electron chi connectivity index (χ0n) is 9.55. The number of aromatic hydroxyl groups is 2. The average molecular weight is 408 g/mol. The van der Waals surface area contributed by atoms with Crippen LogP contribution in [-0.4, -0.2) is 31.3 Å². The van der Waals surface area contributed by atoms with E-state index in [-0.39, 0.29) is 16.0 Å². The Morgan fingerprint density at radius 3 is 2.68 bits per heavy atom. The van der Waals surface area contributed by atoms with Gasteiger partial charge in [-0.15, -0.1) is 0 Å². The van der Waals surface area contributed by atoms with Crippen LogP contribution in [0.5, 0.6) is 11.5 Å². The Labute approximate surface area is 130 Å². The molecule has 0 amide bonds. The van der Waals surface area contributed by atoms with Crippen LogP contribution in [0.25, 0.3) is 0 Å². The Hall–Kier alpha value is -1.19. The summed E-state index contributed by atoms with van der Waals surface area (Å²) in [6, 6.07) is 1.54. The van der Waals surface area contributed by atoms with E-state index in [1.807, 2.05) is 0 Å². The van der Waals surface area contributed by atoms with Gasteiger partial charge in [0.15, 0.2) is 0 Å². The van der Waals surface area contributed by atoms with Gasteiger partial charge in [-0.2, -0.15) is 14.9 Å². The van der Waals surface area contributed by atoms with Crippen molar-refractivity contribution < 1.29 is 10.2 Å².